The van der Waals surface area contributed by atoms with Gasteiger partial charge in [-0.05, 0) is 43.0 Å². The molecule has 0 saturated heterocycles. The van der Waals surface area contributed by atoms with Crippen LogP contribution >= 0.6 is 0 Å². The van der Waals surface area contributed by atoms with Crippen molar-refractivity contribution < 1.29 is 14.3 Å². The van der Waals surface area contributed by atoms with Gasteiger partial charge in [-0.3, -0.25) is 9.59 Å². The van der Waals surface area contributed by atoms with Crippen LogP contribution in [0.4, 0.5) is 0 Å². The van der Waals surface area contributed by atoms with Crippen molar-refractivity contribution in [2.24, 2.45) is 5.92 Å². The van der Waals surface area contributed by atoms with Crippen molar-refractivity contribution >= 4 is 11.7 Å². The molecule has 0 bridgehead atoms. The predicted octanol–water partition coefficient (Wildman–Crippen LogP) is 3.21. The number of amides is 1. The number of carbonyl (C=O) groups is 2. The molecule has 0 saturated carbocycles. The Morgan fingerprint density at radius 3 is 2.38 bits per heavy atom. The van der Waals surface area contributed by atoms with Gasteiger partial charge in [0.2, 0.25) is 5.91 Å². The monoisotopic (exact) mass is 291 g/mol. The number of nitrogens with one attached hydrogen (secondary N) is 1. The molecular formula is C17H25NO3. The summed E-state index contributed by atoms with van der Waals surface area (Å²) in [5, 5.41) is 2.88. The maximum Gasteiger partial charge on any atom is 0.220 e. The van der Waals surface area contributed by atoms with Crippen molar-refractivity contribution in [1.82, 2.24) is 5.32 Å². The number of carbonyl (C=O) groups excluding carboxylic acids is 2. The number of ether oxygens (including phenoxy) is 1. The molecule has 1 amide bonds. The van der Waals surface area contributed by atoms with Crippen molar-refractivity contribution in [3.05, 3.63) is 29.8 Å². The van der Waals surface area contributed by atoms with E-state index in [1.807, 2.05) is 0 Å². The second-order valence-corrected chi connectivity index (χ2v) is 5.54. The van der Waals surface area contributed by atoms with Gasteiger partial charge in [0.05, 0.1) is 7.11 Å². The molecule has 0 aliphatic carbocycles. The second kappa shape index (κ2) is 9.16. The molecule has 21 heavy (non-hydrogen) atoms. The first kappa shape index (κ1) is 17.2. The Balaban J connectivity index is 2.24. The fourth-order valence-corrected chi connectivity index (χ4v) is 1.92. The van der Waals surface area contributed by atoms with Gasteiger partial charge < -0.3 is 10.1 Å². The summed E-state index contributed by atoms with van der Waals surface area (Å²) in [5.74, 6) is 1.41. The molecular weight excluding hydrogens is 266 g/mol. The second-order valence-electron chi connectivity index (χ2n) is 5.54. The standard InChI is InChI=1S/C17H25NO3/c1-13(2)11-12-18-17(20)6-4-5-16(19)14-7-9-15(21-3)10-8-14/h7-10,13H,4-6,11-12H2,1-3H3,(H,18,20). The number of hydrogen-bond donors (Lipinski definition) is 1. The number of ketones is 1. The summed E-state index contributed by atoms with van der Waals surface area (Å²) in [5.41, 5.74) is 0.663. The molecule has 0 spiro atoms. The van der Waals surface area contributed by atoms with E-state index in [1.54, 1.807) is 31.4 Å². The Labute approximate surface area is 126 Å². The molecule has 0 heterocycles. The van der Waals surface area contributed by atoms with Crippen LogP contribution in [0.25, 0.3) is 0 Å². The first-order chi connectivity index (χ1) is 10.0. The van der Waals surface area contributed by atoms with Gasteiger partial charge in [0.15, 0.2) is 5.78 Å². The predicted molar refractivity (Wildman–Crippen MR) is 83.6 cm³/mol. The maximum atomic E-state index is 12.0. The van der Waals surface area contributed by atoms with Crippen LogP contribution < -0.4 is 10.1 Å². The average Bonchev–Trinajstić information content (AvgIpc) is 2.46. The molecule has 0 unspecified atom stereocenters. The lowest BCUT2D eigenvalue weighted by atomic mass is 10.1. The summed E-state index contributed by atoms with van der Waals surface area (Å²) < 4.78 is 5.05. The molecule has 116 valence electrons. The normalized spacial score (nSPS) is 10.5. The SMILES string of the molecule is COc1ccc(C(=O)CCCC(=O)NCCC(C)C)cc1. The molecule has 0 radical (unpaired) electrons. The molecule has 1 aromatic rings. The number of methoxy groups -OCH3 is 1. The topological polar surface area (TPSA) is 55.4 Å². The van der Waals surface area contributed by atoms with Crippen molar-refractivity contribution in [1.29, 1.82) is 0 Å². The smallest absolute Gasteiger partial charge is 0.220 e. The van der Waals surface area contributed by atoms with Gasteiger partial charge in [-0.15, -0.1) is 0 Å². The van der Waals surface area contributed by atoms with E-state index in [1.165, 1.54) is 0 Å². The van der Waals surface area contributed by atoms with E-state index in [2.05, 4.69) is 19.2 Å². The third-order valence-electron chi connectivity index (χ3n) is 3.26. The minimum Gasteiger partial charge on any atom is -0.497 e. The Morgan fingerprint density at radius 2 is 1.81 bits per heavy atom. The third kappa shape index (κ3) is 6.93. The zero-order valence-corrected chi connectivity index (χ0v) is 13.1. The fourth-order valence-electron chi connectivity index (χ4n) is 1.92. The van der Waals surface area contributed by atoms with Crippen LogP contribution in [0.5, 0.6) is 5.75 Å². The molecule has 0 atom stereocenters. The molecule has 0 aliphatic heterocycles. The molecule has 0 aliphatic rings. The minimum atomic E-state index is 0.0261. The number of benzene rings is 1. The highest BCUT2D eigenvalue weighted by atomic mass is 16.5. The van der Waals surface area contributed by atoms with E-state index in [0.29, 0.717) is 37.3 Å². The van der Waals surface area contributed by atoms with Crippen LogP contribution in [0, 0.1) is 5.92 Å². The maximum absolute atomic E-state index is 12.0. The van der Waals surface area contributed by atoms with Crippen molar-refractivity contribution in [2.75, 3.05) is 13.7 Å². The van der Waals surface area contributed by atoms with Crippen LogP contribution in [0.1, 0.15) is 49.9 Å². The first-order valence-electron chi connectivity index (χ1n) is 7.47. The fraction of sp³-hybridized carbons (Fsp3) is 0.529. The highest BCUT2D eigenvalue weighted by molar-refractivity contribution is 5.96. The Hall–Kier alpha value is -1.84. The minimum absolute atomic E-state index is 0.0261. The summed E-state index contributed by atoms with van der Waals surface area (Å²) in [6.45, 7) is 4.96. The molecule has 4 nitrogen and oxygen atoms in total. The molecule has 4 heteroatoms. The van der Waals surface area contributed by atoms with Crippen molar-refractivity contribution in [3.8, 4) is 5.75 Å². The summed E-state index contributed by atoms with van der Waals surface area (Å²) in [7, 11) is 1.59. The molecule has 1 N–H and O–H groups in total. The van der Waals surface area contributed by atoms with Gasteiger partial charge in [0.25, 0.3) is 0 Å². The number of hydrogen-bond acceptors (Lipinski definition) is 3. The zero-order valence-electron chi connectivity index (χ0n) is 13.1. The van der Waals surface area contributed by atoms with E-state index in [4.69, 9.17) is 4.74 Å². The summed E-state index contributed by atoms with van der Waals surface area (Å²) in [6.07, 6.45) is 2.36. The van der Waals surface area contributed by atoms with Gasteiger partial charge in [-0.2, -0.15) is 0 Å². The van der Waals surface area contributed by atoms with Crippen LogP contribution in [-0.2, 0) is 4.79 Å². The Kier molecular flexibility index (Phi) is 7.51. The van der Waals surface area contributed by atoms with E-state index in [9.17, 15) is 9.59 Å². The van der Waals surface area contributed by atoms with Crippen LogP contribution in [0.15, 0.2) is 24.3 Å². The summed E-state index contributed by atoms with van der Waals surface area (Å²) >= 11 is 0. The lowest BCUT2D eigenvalue weighted by molar-refractivity contribution is -0.121. The Morgan fingerprint density at radius 1 is 1.14 bits per heavy atom. The van der Waals surface area contributed by atoms with E-state index < -0.39 is 0 Å². The van der Waals surface area contributed by atoms with Gasteiger partial charge >= 0.3 is 0 Å². The summed E-state index contributed by atoms with van der Waals surface area (Å²) in [6, 6.07) is 7.05. The van der Waals surface area contributed by atoms with Crippen LogP contribution in [0.3, 0.4) is 0 Å². The number of rotatable bonds is 9. The largest absolute Gasteiger partial charge is 0.497 e. The van der Waals surface area contributed by atoms with E-state index in [-0.39, 0.29) is 11.7 Å². The highest BCUT2D eigenvalue weighted by Crippen LogP contribution is 2.13. The molecule has 0 aromatic heterocycles. The third-order valence-corrected chi connectivity index (χ3v) is 3.26. The lowest BCUT2D eigenvalue weighted by Gasteiger charge is -2.07. The van der Waals surface area contributed by atoms with Crippen LogP contribution in [0.2, 0.25) is 0 Å². The van der Waals surface area contributed by atoms with Gasteiger partial charge in [0, 0.05) is 24.9 Å². The molecule has 1 rings (SSSR count). The van der Waals surface area contributed by atoms with Gasteiger partial charge in [0.1, 0.15) is 5.75 Å². The number of Topliss-reactive ketones (excluding diaryl/α,β-unsaturated/α-hetero) is 1. The van der Waals surface area contributed by atoms with Gasteiger partial charge in [-0.25, -0.2) is 0 Å². The average molecular weight is 291 g/mol. The lowest BCUT2D eigenvalue weighted by Crippen LogP contribution is -2.25. The van der Waals surface area contributed by atoms with Gasteiger partial charge in [-0.1, -0.05) is 13.8 Å². The highest BCUT2D eigenvalue weighted by Gasteiger charge is 2.08. The van der Waals surface area contributed by atoms with Crippen LogP contribution in [-0.4, -0.2) is 25.3 Å². The Bertz CT molecular complexity index is 452. The molecule has 1 aromatic carbocycles. The quantitative estimate of drug-likeness (QED) is 0.711. The van der Waals surface area contributed by atoms with Crippen molar-refractivity contribution in [3.63, 3.8) is 0 Å². The first-order valence-corrected chi connectivity index (χ1v) is 7.47. The summed E-state index contributed by atoms with van der Waals surface area (Å²) in [4.78, 5) is 23.5. The van der Waals surface area contributed by atoms with Crippen molar-refractivity contribution in [2.45, 2.75) is 39.5 Å². The van der Waals surface area contributed by atoms with E-state index >= 15 is 0 Å². The zero-order chi connectivity index (χ0) is 15.7. The van der Waals surface area contributed by atoms with E-state index in [0.717, 1.165) is 12.2 Å². The molecule has 0 fully saturated rings.